The van der Waals surface area contributed by atoms with Crippen molar-refractivity contribution in [3.05, 3.63) is 33.1 Å². The highest BCUT2D eigenvalue weighted by Crippen LogP contribution is 2.37. The highest BCUT2D eigenvalue weighted by atomic mass is 31.1. The number of aliphatic hydroxyl groups is 1. The van der Waals surface area contributed by atoms with E-state index < -0.39 is 50.7 Å². The van der Waals surface area contributed by atoms with Crippen LogP contribution in [0.1, 0.15) is 90.2 Å². The minimum Gasteiger partial charge on any atom is -0.394 e. The smallest absolute Gasteiger partial charge is 0.394 e. The van der Waals surface area contributed by atoms with Gasteiger partial charge in [-0.1, -0.05) is 58.3 Å². The number of nitrogens with one attached hydrogen (secondary N) is 2. The number of amides is 1. The topological polar surface area (TPSA) is 169 Å². The van der Waals surface area contributed by atoms with Crippen LogP contribution in [0.2, 0.25) is 0 Å². The molecule has 0 aliphatic carbocycles. The summed E-state index contributed by atoms with van der Waals surface area (Å²) in [5.74, 6) is 0.0957. The predicted octanol–water partition coefficient (Wildman–Crippen LogP) is 2.66. The first-order chi connectivity index (χ1) is 18.4. The number of carbonyl (C=O) groups is 1. The molecule has 216 valence electrons. The van der Waals surface area contributed by atoms with Gasteiger partial charge in [0.1, 0.15) is 12.2 Å². The second-order valence-electron chi connectivity index (χ2n) is 9.54. The first kappa shape index (κ1) is 32.3. The summed E-state index contributed by atoms with van der Waals surface area (Å²) in [6, 6.07) is 1.14. The molecule has 12 nitrogen and oxygen atoms in total. The molecule has 0 radical (unpaired) electrons. The molecule has 1 aliphatic heterocycles. The van der Waals surface area contributed by atoms with Crippen LogP contribution in [-0.2, 0) is 23.4 Å². The maximum atomic E-state index is 12.3. The number of rotatable bonds is 20. The van der Waals surface area contributed by atoms with Crippen LogP contribution in [0.25, 0.3) is 0 Å². The minimum absolute atomic E-state index is 0.0957. The monoisotopic (exact) mass is 560 g/mol. The molecule has 0 bridgehead atoms. The molecule has 1 fully saturated rings. The van der Waals surface area contributed by atoms with E-state index in [1.807, 2.05) is 0 Å². The third-order valence-corrected chi connectivity index (χ3v) is 6.94. The molecular formula is C25H43N3O9P+. The Morgan fingerprint density at radius 3 is 2.45 bits per heavy atom. The van der Waals surface area contributed by atoms with E-state index in [-0.39, 0.29) is 12.5 Å². The molecule has 2 heterocycles. The van der Waals surface area contributed by atoms with Crippen LogP contribution in [0.15, 0.2) is 21.9 Å². The van der Waals surface area contributed by atoms with Crippen molar-refractivity contribution >= 4 is 14.2 Å². The number of unbranched alkanes of at least 4 members (excludes halogenated alkanes) is 9. The zero-order valence-corrected chi connectivity index (χ0v) is 23.1. The van der Waals surface area contributed by atoms with E-state index in [0.717, 1.165) is 42.7 Å². The molecular weight excluding hydrogens is 517 g/mol. The molecule has 5 atom stereocenters. The van der Waals surface area contributed by atoms with Gasteiger partial charge in [0.25, 0.3) is 5.56 Å². The Hall–Kier alpha value is -1.95. The van der Waals surface area contributed by atoms with Gasteiger partial charge >= 0.3 is 13.9 Å². The SMILES string of the molecule is CCCCCCCCCC(=O)NCCCCCCOC1C(O[P+](=O)O)[C@@H](CO)O[C@H]1n1ccc(=O)[nH]c1=O. The van der Waals surface area contributed by atoms with Gasteiger partial charge < -0.3 is 19.9 Å². The van der Waals surface area contributed by atoms with E-state index in [2.05, 4.69) is 17.2 Å². The second-order valence-corrected chi connectivity index (χ2v) is 10.2. The minimum atomic E-state index is -3.02. The molecule has 0 aromatic carbocycles. The fourth-order valence-corrected chi connectivity index (χ4v) is 4.94. The lowest BCUT2D eigenvalue weighted by Gasteiger charge is -2.22. The van der Waals surface area contributed by atoms with Gasteiger partial charge in [-0.25, -0.2) is 4.79 Å². The normalized spacial score (nSPS) is 21.5. The second kappa shape index (κ2) is 18.4. The number of hydrogen-bond donors (Lipinski definition) is 4. The summed E-state index contributed by atoms with van der Waals surface area (Å²) < 4.78 is 29.1. The molecule has 0 saturated carbocycles. The van der Waals surface area contributed by atoms with Gasteiger partial charge in [0.2, 0.25) is 5.91 Å². The fourth-order valence-electron chi connectivity index (χ4n) is 4.47. The highest BCUT2D eigenvalue weighted by Gasteiger charge is 2.51. The van der Waals surface area contributed by atoms with Crippen LogP contribution >= 0.6 is 8.25 Å². The molecule has 1 aromatic heterocycles. The van der Waals surface area contributed by atoms with E-state index in [4.69, 9.17) is 14.0 Å². The summed E-state index contributed by atoms with van der Waals surface area (Å²) in [4.78, 5) is 47.1. The van der Waals surface area contributed by atoms with Crippen molar-refractivity contribution in [2.45, 2.75) is 109 Å². The van der Waals surface area contributed by atoms with Crippen LogP contribution < -0.4 is 16.6 Å². The summed E-state index contributed by atoms with van der Waals surface area (Å²) in [6.45, 7) is 2.56. The third kappa shape index (κ3) is 11.4. The molecule has 1 saturated heterocycles. The lowest BCUT2D eigenvalue weighted by Crippen LogP contribution is -2.40. The molecule has 1 aliphatic rings. The number of aromatic amines is 1. The van der Waals surface area contributed by atoms with Gasteiger partial charge in [-0.05, 0) is 19.3 Å². The number of aliphatic hydroxyl groups excluding tert-OH is 1. The predicted molar refractivity (Wildman–Crippen MR) is 141 cm³/mol. The van der Waals surface area contributed by atoms with Crippen molar-refractivity contribution in [3.63, 3.8) is 0 Å². The summed E-state index contributed by atoms with van der Waals surface area (Å²) >= 11 is 0. The highest BCUT2D eigenvalue weighted by molar-refractivity contribution is 7.32. The Bertz CT molecular complexity index is 954. The van der Waals surface area contributed by atoms with Gasteiger partial charge in [-0.15, -0.1) is 9.42 Å². The van der Waals surface area contributed by atoms with Crippen molar-refractivity contribution in [1.29, 1.82) is 0 Å². The third-order valence-electron chi connectivity index (χ3n) is 6.51. The number of hydrogen-bond acceptors (Lipinski definition) is 8. The van der Waals surface area contributed by atoms with Crippen molar-refractivity contribution in [2.75, 3.05) is 19.8 Å². The number of carbonyl (C=O) groups excluding carboxylic acids is 1. The first-order valence-electron chi connectivity index (χ1n) is 13.7. The zero-order valence-electron chi connectivity index (χ0n) is 22.2. The van der Waals surface area contributed by atoms with Crippen molar-refractivity contribution < 1.29 is 33.4 Å². The molecule has 13 heteroatoms. The molecule has 1 amide bonds. The molecule has 0 spiro atoms. The Balaban J connectivity index is 1.70. The van der Waals surface area contributed by atoms with E-state index in [1.165, 1.54) is 38.3 Å². The van der Waals surface area contributed by atoms with Crippen LogP contribution in [0, 0.1) is 0 Å². The first-order valence-corrected chi connectivity index (χ1v) is 14.8. The fraction of sp³-hybridized carbons (Fsp3) is 0.800. The molecule has 1 aromatic rings. The quantitative estimate of drug-likeness (QED) is 0.138. The molecule has 38 heavy (non-hydrogen) atoms. The average molecular weight is 561 g/mol. The van der Waals surface area contributed by atoms with Crippen LogP contribution in [0.3, 0.4) is 0 Å². The van der Waals surface area contributed by atoms with Gasteiger partial charge in [-0.2, -0.15) is 0 Å². The van der Waals surface area contributed by atoms with Crippen LogP contribution in [0.5, 0.6) is 0 Å². The van der Waals surface area contributed by atoms with Gasteiger partial charge in [0, 0.05) is 36.4 Å². The van der Waals surface area contributed by atoms with E-state index in [1.54, 1.807) is 0 Å². The molecule has 4 N–H and O–H groups in total. The Morgan fingerprint density at radius 1 is 1.08 bits per heavy atom. The lowest BCUT2D eigenvalue weighted by atomic mass is 10.1. The van der Waals surface area contributed by atoms with Crippen LogP contribution in [-0.4, -0.2) is 63.5 Å². The van der Waals surface area contributed by atoms with Crippen molar-refractivity contribution in [1.82, 2.24) is 14.9 Å². The van der Waals surface area contributed by atoms with Crippen molar-refractivity contribution in [2.24, 2.45) is 0 Å². The van der Waals surface area contributed by atoms with E-state index in [0.29, 0.717) is 19.4 Å². The van der Waals surface area contributed by atoms with Gasteiger partial charge in [-0.3, -0.25) is 19.1 Å². The van der Waals surface area contributed by atoms with Crippen molar-refractivity contribution in [3.8, 4) is 0 Å². The number of nitrogens with zero attached hydrogens (tertiary/aromatic N) is 1. The maximum Gasteiger partial charge on any atom is 0.695 e. The Labute approximate surface area is 224 Å². The standard InChI is InChI=1S/C25H42N3O9P/c1-2-3-4-5-6-7-10-13-20(30)26-15-11-8-9-12-17-35-23-22(37-38(33)34)19(18-29)36-24(23)28-16-14-21(31)27-25(28)32/h14,16,19,22-24,29H,2-13,15,17-18H2,1H3,(H2-,26,27,30,31,32,33,34)/p+1/t19-,22?,23?,24-/m1/s1. The largest absolute Gasteiger partial charge is 0.695 e. The molecule has 2 rings (SSSR count). The Kier molecular flexibility index (Phi) is 15.6. The van der Waals surface area contributed by atoms with Crippen LogP contribution in [0.4, 0.5) is 0 Å². The number of ether oxygens (including phenoxy) is 2. The average Bonchev–Trinajstić information content (AvgIpc) is 3.21. The summed E-state index contributed by atoms with van der Waals surface area (Å²) in [5.41, 5.74) is -1.32. The maximum absolute atomic E-state index is 12.3. The summed E-state index contributed by atoms with van der Waals surface area (Å²) in [5, 5.41) is 12.6. The van der Waals surface area contributed by atoms with E-state index in [9.17, 15) is 28.9 Å². The van der Waals surface area contributed by atoms with Gasteiger partial charge in [0.05, 0.1) is 6.61 Å². The summed E-state index contributed by atoms with van der Waals surface area (Å²) in [7, 11) is -3.02. The van der Waals surface area contributed by atoms with E-state index >= 15 is 0 Å². The molecule has 3 unspecified atom stereocenters. The zero-order chi connectivity index (χ0) is 27.8. The number of aromatic nitrogens is 2. The Morgan fingerprint density at radius 2 is 1.76 bits per heavy atom. The summed E-state index contributed by atoms with van der Waals surface area (Å²) in [6.07, 6.45) is 9.16. The van der Waals surface area contributed by atoms with Gasteiger partial charge in [0.15, 0.2) is 12.3 Å². The lowest BCUT2D eigenvalue weighted by molar-refractivity contribution is -0.121. The number of H-pyrrole nitrogens is 1.